The summed E-state index contributed by atoms with van der Waals surface area (Å²) < 4.78 is 0. The quantitative estimate of drug-likeness (QED) is 0.595. The summed E-state index contributed by atoms with van der Waals surface area (Å²) in [6, 6.07) is 10.2. The van der Waals surface area contributed by atoms with Crippen molar-refractivity contribution in [3.05, 3.63) is 35.9 Å². The zero-order valence-electron chi connectivity index (χ0n) is 11.5. The van der Waals surface area contributed by atoms with Crippen LogP contribution in [0.5, 0.6) is 0 Å². The molecule has 0 fully saturated rings. The van der Waals surface area contributed by atoms with E-state index >= 15 is 0 Å². The minimum atomic E-state index is -1.13. The lowest BCUT2D eigenvalue weighted by Gasteiger charge is -2.20. The van der Waals surface area contributed by atoms with Crippen LogP contribution >= 0.6 is 0 Å². The summed E-state index contributed by atoms with van der Waals surface area (Å²) in [6.07, 6.45) is 3.34. The molecule has 0 spiro atoms. The fraction of sp³-hybridized carbons (Fsp3) is 0.533. The van der Waals surface area contributed by atoms with Crippen molar-refractivity contribution in [3.63, 3.8) is 0 Å². The molecule has 19 heavy (non-hydrogen) atoms. The summed E-state index contributed by atoms with van der Waals surface area (Å²) in [6.45, 7) is 2.36. The molecular formula is C15H24N2O2. The number of aliphatic hydroxyl groups is 1. The Kier molecular flexibility index (Phi) is 7.15. The molecule has 1 rings (SSSR count). The molecule has 0 radical (unpaired) electrons. The number of unbranched alkanes of at least 4 members (excludes halogenated alkanes) is 2. The van der Waals surface area contributed by atoms with Crippen molar-refractivity contribution >= 4 is 5.91 Å². The fourth-order valence-electron chi connectivity index (χ4n) is 2.02. The minimum Gasteiger partial charge on any atom is -0.382 e. The minimum absolute atomic E-state index is 0.154. The van der Waals surface area contributed by atoms with Gasteiger partial charge in [0.1, 0.15) is 6.10 Å². The monoisotopic (exact) mass is 264 g/mol. The number of nitrogens with one attached hydrogen (secondary N) is 1. The molecule has 1 aromatic rings. The molecule has 2 atom stereocenters. The summed E-state index contributed by atoms with van der Waals surface area (Å²) in [5, 5.41) is 12.7. The molecule has 0 aliphatic rings. The van der Waals surface area contributed by atoms with Crippen molar-refractivity contribution in [2.24, 2.45) is 5.73 Å². The molecular weight excluding hydrogens is 240 g/mol. The highest BCUT2D eigenvalue weighted by atomic mass is 16.3. The van der Waals surface area contributed by atoms with Crippen LogP contribution in [0.25, 0.3) is 0 Å². The van der Waals surface area contributed by atoms with E-state index < -0.39 is 12.0 Å². The van der Waals surface area contributed by atoms with Gasteiger partial charge in [0.15, 0.2) is 0 Å². The second-order valence-electron chi connectivity index (χ2n) is 4.79. The maximum atomic E-state index is 10.8. The first-order chi connectivity index (χ1) is 9.15. The number of hydrogen-bond acceptors (Lipinski definition) is 3. The van der Waals surface area contributed by atoms with Gasteiger partial charge in [0.2, 0.25) is 5.91 Å². The van der Waals surface area contributed by atoms with Crippen molar-refractivity contribution in [3.8, 4) is 0 Å². The van der Waals surface area contributed by atoms with Gasteiger partial charge in [0, 0.05) is 12.6 Å². The fourth-order valence-corrected chi connectivity index (χ4v) is 2.02. The van der Waals surface area contributed by atoms with Gasteiger partial charge in [-0.05, 0) is 12.0 Å². The van der Waals surface area contributed by atoms with Crippen molar-refractivity contribution in [2.45, 2.75) is 44.8 Å². The number of carbonyl (C=O) groups excluding carboxylic acids is 1. The highest BCUT2D eigenvalue weighted by Crippen LogP contribution is 2.19. The third kappa shape index (κ3) is 5.85. The topological polar surface area (TPSA) is 75.3 Å². The molecule has 4 nitrogen and oxygen atoms in total. The molecule has 2 unspecified atom stereocenters. The molecule has 0 heterocycles. The zero-order chi connectivity index (χ0) is 14.1. The average molecular weight is 264 g/mol. The van der Waals surface area contributed by atoms with Gasteiger partial charge >= 0.3 is 0 Å². The first-order valence-electron chi connectivity index (χ1n) is 6.90. The van der Waals surface area contributed by atoms with Crippen LogP contribution in [-0.2, 0) is 4.79 Å². The number of primary amides is 1. The highest BCUT2D eigenvalue weighted by molar-refractivity contribution is 5.78. The maximum absolute atomic E-state index is 10.8. The summed E-state index contributed by atoms with van der Waals surface area (Å²) in [7, 11) is 0. The number of aliphatic hydroxyl groups excluding tert-OH is 1. The van der Waals surface area contributed by atoms with Crippen LogP contribution in [0.4, 0.5) is 0 Å². The molecule has 0 aliphatic heterocycles. The number of nitrogens with two attached hydrogens (primary N) is 1. The third-order valence-corrected chi connectivity index (χ3v) is 3.18. The molecule has 0 saturated carbocycles. The van der Waals surface area contributed by atoms with Crippen LogP contribution in [0, 0.1) is 0 Å². The predicted octanol–water partition coefficient (Wildman–Crippen LogP) is 1.74. The van der Waals surface area contributed by atoms with Gasteiger partial charge in [-0.3, -0.25) is 4.79 Å². The van der Waals surface area contributed by atoms with Crippen molar-refractivity contribution < 1.29 is 9.90 Å². The van der Waals surface area contributed by atoms with Gasteiger partial charge in [0.25, 0.3) is 0 Å². The second kappa shape index (κ2) is 8.67. The zero-order valence-corrected chi connectivity index (χ0v) is 11.5. The van der Waals surface area contributed by atoms with Gasteiger partial charge in [-0.25, -0.2) is 0 Å². The van der Waals surface area contributed by atoms with E-state index in [9.17, 15) is 9.90 Å². The third-order valence-electron chi connectivity index (χ3n) is 3.18. The van der Waals surface area contributed by atoms with Crippen molar-refractivity contribution in [1.82, 2.24) is 5.32 Å². The molecule has 0 aromatic heterocycles. The van der Waals surface area contributed by atoms with E-state index in [-0.39, 0.29) is 12.6 Å². The standard InChI is InChI=1S/C15H24N2O2/c1-2-3-5-10-13(12-8-6-4-7-9-12)17-11-14(18)15(16)19/h4,6-9,13-14,17-18H,2-3,5,10-11H2,1H3,(H2,16,19). The molecule has 1 amide bonds. The Morgan fingerprint density at radius 1 is 1.32 bits per heavy atom. The van der Waals surface area contributed by atoms with Gasteiger partial charge < -0.3 is 16.2 Å². The Hall–Kier alpha value is -1.39. The number of hydrogen-bond donors (Lipinski definition) is 3. The Bertz CT molecular complexity index is 368. The van der Waals surface area contributed by atoms with E-state index in [1.165, 1.54) is 18.4 Å². The Labute approximate surface area is 115 Å². The second-order valence-corrected chi connectivity index (χ2v) is 4.79. The van der Waals surface area contributed by atoms with Crippen LogP contribution in [0.3, 0.4) is 0 Å². The van der Waals surface area contributed by atoms with E-state index in [1.807, 2.05) is 18.2 Å². The van der Waals surface area contributed by atoms with E-state index in [0.29, 0.717) is 0 Å². The van der Waals surface area contributed by atoms with E-state index in [2.05, 4.69) is 24.4 Å². The molecule has 1 aromatic carbocycles. The summed E-state index contributed by atoms with van der Waals surface area (Å²) in [5.74, 6) is -0.687. The van der Waals surface area contributed by atoms with Crippen LogP contribution in [-0.4, -0.2) is 23.7 Å². The predicted molar refractivity (Wildman–Crippen MR) is 76.5 cm³/mol. The van der Waals surface area contributed by atoms with Gasteiger partial charge in [-0.2, -0.15) is 0 Å². The normalized spacial score (nSPS) is 14.0. The number of rotatable bonds is 9. The van der Waals surface area contributed by atoms with Crippen LogP contribution < -0.4 is 11.1 Å². The lowest BCUT2D eigenvalue weighted by molar-refractivity contribution is -0.125. The van der Waals surface area contributed by atoms with Gasteiger partial charge in [-0.1, -0.05) is 56.5 Å². The molecule has 0 aliphatic carbocycles. The smallest absolute Gasteiger partial charge is 0.247 e. The molecule has 4 N–H and O–H groups in total. The Morgan fingerprint density at radius 2 is 2.00 bits per heavy atom. The first kappa shape index (κ1) is 15.7. The summed E-state index contributed by atoms with van der Waals surface area (Å²) in [4.78, 5) is 10.8. The number of carbonyl (C=O) groups is 1. The van der Waals surface area contributed by atoms with E-state index in [4.69, 9.17) is 5.73 Å². The average Bonchev–Trinajstić information content (AvgIpc) is 2.43. The molecule has 106 valence electrons. The van der Waals surface area contributed by atoms with E-state index in [0.717, 1.165) is 12.8 Å². The van der Waals surface area contributed by atoms with Gasteiger partial charge in [-0.15, -0.1) is 0 Å². The Balaban J connectivity index is 2.57. The van der Waals surface area contributed by atoms with E-state index in [1.54, 1.807) is 0 Å². The summed E-state index contributed by atoms with van der Waals surface area (Å²) in [5.41, 5.74) is 6.23. The summed E-state index contributed by atoms with van der Waals surface area (Å²) >= 11 is 0. The lowest BCUT2D eigenvalue weighted by Crippen LogP contribution is -2.39. The lowest BCUT2D eigenvalue weighted by atomic mass is 10.0. The molecule has 4 heteroatoms. The Morgan fingerprint density at radius 3 is 2.58 bits per heavy atom. The van der Waals surface area contributed by atoms with Crippen LogP contribution in [0.1, 0.15) is 44.2 Å². The maximum Gasteiger partial charge on any atom is 0.247 e. The highest BCUT2D eigenvalue weighted by Gasteiger charge is 2.15. The number of benzene rings is 1. The van der Waals surface area contributed by atoms with Crippen LogP contribution in [0.2, 0.25) is 0 Å². The van der Waals surface area contributed by atoms with Crippen molar-refractivity contribution in [2.75, 3.05) is 6.54 Å². The first-order valence-corrected chi connectivity index (χ1v) is 6.90. The van der Waals surface area contributed by atoms with Gasteiger partial charge in [0.05, 0.1) is 0 Å². The van der Waals surface area contributed by atoms with Crippen molar-refractivity contribution in [1.29, 1.82) is 0 Å². The largest absolute Gasteiger partial charge is 0.382 e. The molecule has 0 bridgehead atoms. The number of amides is 1. The SMILES string of the molecule is CCCCCC(NCC(O)C(N)=O)c1ccccc1. The molecule has 0 saturated heterocycles. The van der Waals surface area contributed by atoms with Crippen LogP contribution in [0.15, 0.2) is 30.3 Å².